The van der Waals surface area contributed by atoms with Crippen LogP contribution >= 0.6 is 11.6 Å². The third kappa shape index (κ3) is 3.87. The molecular weight excluding hydrogens is 402 g/mol. The molecule has 3 heterocycles. The van der Waals surface area contributed by atoms with Crippen LogP contribution in [0.3, 0.4) is 0 Å². The van der Waals surface area contributed by atoms with Gasteiger partial charge in [-0.3, -0.25) is 0 Å². The molecule has 3 aliphatic heterocycles. The van der Waals surface area contributed by atoms with Crippen LogP contribution in [0.1, 0.15) is 38.5 Å². The molecule has 2 unspecified atom stereocenters. The number of carbonyl (C=O) groups is 1. The second kappa shape index (κ2) is 7.82. The van der Waals surface area contributed by atoms with Crippen LogP contribution < -0.4 is 5.32 Å². The zero-order valence-corrected chi connectivity index (χ0v) is 17.2. The molecule has 3 aliphatic rings. The fourth-order valence-corrected chi connectivity index (χ4v) is 6.61. The van der Waals surface area contributed by atoms with Crippen molar-refractivity contribution in [2.24, 2.45) is 0 Å². The van der Waals surface area contributed by atoms with Crippen LogP contribution in [0.15, 0.2) is 29.2 Å². The summed E-state index contributed by atoms with van der Waals surface area (Å²) in [5, 5.41) is 13.3. The molecule has 9 heteroatoms. The highest BCUT2D eigenvalue weighted by molar-refractivity contribution is 7.89. The molecule has 7 nitrogen and oxygen atoms in total. The van der Waals surface area contributed by atoms with Crippen molar-refractivity contribution in [3.63, 3.8) is 0 Å². The van der Waals surface area contributed by atoms with E-state index in [2.05, 4.69) is 5.32 Å². The third-order valence-electron chi connectivity index (χ3n) is 6.09. The lowest BCUT2D eigenvalue weighted by molar-refractivity contribution is 0.0528. The van der Waals surface area contributed by atoms with Gasteiger partial charge in [-0.1, -0.05) is 17.7 Å². The summed E-state index contributed by atoms with van der Waals surface area (Å²) in [6, 6.07) is 6.08. The van der Waals surface area contributed by atoms with Crippen molar-refractivity contribution in [1.29, 1.82) is 0 Å². The number of nitrogens with zero attached hydrogens (tertiary/aromatic N) is 2. The van der Waals surface area contributed by atoms with E-state index in [0.29, 0.717) is 30.8 Å². The Labute approximate surface area is 170 Å². The largest absolute Gasteiger partial charge is 0.393 e. The van der Waals surface area contributed by atoms with E-state index in [1.54, 1.807) is 18.2 Å². The van der Waals surface area contributed by atoms with Gasteiger partial charge in [-0.2, -0.15) is 4.31 Å². The van der Waals surface area contributed by atoms with Crippen molar-refractivity contribution >= 4 is 27.7 Å². The average molecular weight is 428 g/mol. The number of piperidine rings is 2. The first kappa shape index (κ1) is 19.9. The smallest absolute Gasteiger partial charge is 0.318 e. The minimum atomic E-state index is -3.64. The van der Waals surface area contributed by atoms with E-state index >= 15 is 0 Å². The number of urea groups is 1. The highest BCUT2D eigenvalue weighted by Gasteiger charge is 2.43. The number of hydrogen-bond donors (Lipinski definition) is 2. The van der Waals surface area contributed by atoms with Crippen molar-refractivity contribution in [2.75, 3.05) is 13.1 Å². The van der Waals surface area contributed by atoms with Gasteiger partial charge in [-0.15, -0.1) is 0 Å². The Hall–Kier alpha value is -1.35. The molecule has 3 saturated heterocycles. The van der Waals surface area contributed by atoms with Crippen molar-refractivity contribution in [3.05, 3.63) is 29.3 Å². The van der Waals surface area contributed by atoms with Crippen LogP contribution in [0.4, 0.5) is 4.79 Å². The topological polar surface area (TPSA) is 90.0 Å². The molecule has 4 rings (SSSR count). The lowest BCUT2D eigenvalue weighted by Crippen LogP contribution is -2.56. The number of carbonyl (C=O) groups excluding carboxylic acids is 1. The SMILES string of the molecule is O=C(N[C@H]1CCCN(S(=O)(=O)c2cccc(Cl)c2)C1)N1C2CCC1CC(O)C2. The van der Waals surface area contributed by atoms with Crippen molar-refractivity contribution in [1.82, 2.24) is 14.5 Å². The van der Waals surface area contributed by atoms with E-state index < -0.39 is 10.0 Å². The molecule has 0 saturated carbocycles. The summed E-state index contributed by atoms with van der Waals surface area (Å²) in [7, 11) is -3.64. The first-order valence-electron chi connectivity index (χ1n) is 9.87. The third-order valence-corrected chi connectivity index (χ3v) is 8.18. The quantitative estimate of drug-likeness (QED) is 0.773. The van der Waals surface area contributed by atoms with E-state index in [1.807, 2.05) is 4.90 Å². The summed E-state index contributed by atoms with van der Waals surface area (Å²) < 4.78 is 27.3. The molecule has 0 radical (unpaired) electrons. The highest BCUT2D eigenvalue weighted by Crippen LogP contribution is 2.35. The number of hydrogen-bond acceptors (Lipinski definition) is 4. The number of aliphatic hydroxyl groups excluding tert-OH is 1. The van der Waals surface area contributed by atoms with Crippen LogP contribution in [0.5, 0.6) is 0 Å². The maximum Gasteiger partial charge on any atom is 0.318 e. The first-order valence-corrected chi connectivity index (χ1v) is 11.7. The number of amides is 2. The van der Waals surface area contributed by atoms with E-state index in [9.17, 15) is 18.3 Å². The number of nitrogens with one attached hydrogen (secondary N) is 1. The molecule has 3 fully saturated rings. The van der Waals surface area contributed by atoms with Gasteiger partial charge in [0.05, 0.1) is 11.0 Å². The summed E-state index contributed by atoms with van der Waals surface area (Å²) in [4.78, 5) is 14.9. The molecule has 2 N–H and O–H groups in total. The fourth-order valence-electron chi connectivity index (χ4n) is 4.78. The maximum absolute atomic E-state index is 12.9. The molecular formula is C19H26ClN3O4S. The Morgan fingerprint density at radius 1 is 1.18 bits per heavy atom. The molecule has 0 aliphatic carbocycles. The second-order valence-electron chi connectivity index (χ2n) is 8.03. The number of halogens is 1. The number of benzene rings is 1. The molecule has 1 aromatic carbocycles. The molecule has 154 valence electrons. The summed E-state index contributed by atoms with van der Waals surface area (Å²) in [6.07, 6.45) is 4.22. The summed E-state index contributed by atoms with van der Waals surface area (Å²) in [5.41, 5.74) is 0. The van der Waals surface area contributed by atoms with Gasteiger partial charge < -0.3 is 15.3 Å². The van der Waals surface area contributed by atoms with Crippen LogP contribution in [-0.2, 0) is 10.0 Å². The zero-order valence-electron chi connectivity index (χ0n) is 15.6. The normalized spacial score (nSPS) is 31.0. The number of aliphatic hydroxyl groups is 1. The molecule has 0 aromatic heterocycles. The maximum atomic E-state index is 12.9. The Bertz CT molecular complexity index is 835. The van der Waals surface area contributed by atoms with Crippen LogP contribution in [0, 0.1) is 0 Å². The molecule has 3 atom stereocenters. The van der Waals surface area contributed by atoms with Gasteiger partial charge in [0.15, 0.2) is 0 Å². The van der Waals surface area contributed by atoms with Gasteiger partial charge in [0.2, 0.25) is 10.0 Å². The number of sulfonamides is 1. The minimum Gasteiger partial charge on any atom is -0.393 e. The van der Waals surface area contributed by atoms with Gasteiger partial charge in [0.1, 0.15) is 0 Å². The Kier molecular flexibility index (Phi) is 5.57. The van der Waals surface area contributed by atoms with Gasteiger partial charge in [-0.25, -0.2) is 13.2 Å². The lowest BCUT2D eigenvalue weighted by atomic mass is 10.0. The molecule has 1 aromatic rings. The summed E-state index contributed by atoms with van der Waals surface area (Å²) in [6.45, 7) is 0.689. The predicted molar refractivity (Wildman–Crippen MR) is 106 cm³/mol. The minimum absolute atomic E-state index is 0.0867. The Morgan fingerprint density at radius 3 is 2.57 bits per heavy atom. The zero-order chi connectivity index (χ0) is 19.9. The number of rotatable bonds is 3. The average Bonchev–Trinajstić information content (AvgIpc) is 2.93. The molecule has 2 amide bonds. The Morgan fingerprint density at radius 2 is 1.89 bits per heavy atom. The fraction of sp³-hybridized carbons (Fsp3) is 0.632. The first-order chi connectivity index (χ1) is 13.3. The van der Waals surface area contributed by atoms with E-state index in [-0.39, 0.29) is 41.7 Å². The molecule has 2 bridgehead atoms. The highest BCUT2D eigenvalue weighted by atomic mass is 35.5. The van der Waals surface area contributed by atoms with Crippen molar-refractivity contribution < 1.29 is 18.3 Å². The van der Waals surface area contributed by atoms with E-state index in [1.165, 1.54) is 10.4 Å². The predicted octanol–water partition coefficient (Wildman–Crippen LogP) is 2.19. The summed E-state index contributed by atoms with van der Waals surface area (Å²) >= 11 is 5.95. The number of fused-ring (bicyclic) bond motifs is 2. The standard InChI is InChI=1S/C19H26ClN3O4S/c20-13-3-1-5-18(9-13)28(26,27)22-8-2-4-14(12-22)21-19(25)23-15-6-7-16(23)11-17(24)10-15/h1,3,5,9,14-17,24H,2,4,6-8,10-12H2,(H,21,25)/t14-,15?,16?,17?/m0/s1. The van der Waals surface area contributed by atoms with E-state index in [4.69, 9.17) is 11.6 Å². The van der Waals surface area contributed by atoms with Crippen LogP contribution in [0.25, 0.3) is 0 Å². The van der Waals surface area contributed by atoms with Crippen molar-refractivity contribution in [2.45, 2.75) is 67.6 Å². The second-order valence-corrected chi connectivity index (χ2v) is 10.4. The molecule has 0 spiro atoms. The van der Waals surface area contributed by atoms with Gasteiger partial charge in [0.25, 0.3) is 0 Å². The van der Waals surface area contributed by atoms with Crippen LogP contribution in [-0.4, -0.2) is 66.1 Å². The van der Waals surface area contributed by atoms with Gasteiger partial charge >= 0.3 is 6.03 Å². The van der Waals surface area contributed by atoms with E-state index in [0.717, 1.165) is 19.3 Å². The molecule has 28 heavy (non-hydrogen) atoms. The van der Waals surface area contributed by atoms with Gasteiger partial charge in [-0.05, 0) is 56.7 Å². The lowest BCUT2D eigenvalue weighted by Gasteiger charge is -2.39. The monoisotopic (exact) mass is 427 g/mol. The summed E-state index contributed by atoms with van der Waals surface area (Å²) in [5.74, 6) is 0. The van der Waals surface area contributed by atoms with Crippen molar-refractivity contribution in [3.8, 4) is 0 Å². The van der Waals surface area contributed by atoms with Gasteiger partial charge in [0, 0.05) is 36.2 Å². The van der Waals surface area contributed by atoms with Crippen LogP contribution in [0.2, 0.25) is 5.02 Å². The Balaban J connectivity index is 1.42.